The van der Waals surface area contributed by atoms with Gasteiger partial charge in [0, 0.05) is 37.6 Å². The number of nitrogens with zero attached hydrogens (tertiary/aromatic N) is 2. The molecule has 1 aromatic rings. The summed E-state index contributed by atoms with van der Waals surface area (Å²) < 4.78 is 0. The van der Waals surface area contributed by atoms with E-state index in [1.165, 1.54) is 31.6 Å². The van der Waals surface area contributed by atoms with E-state index >= 15 is 0 Å². The van der Waals surface area contributed by atoms with E-state index < -0.39 is 0 Å². The summed E-state index contributed by atoms with van der Waals surface area (Å²) in [5, 5.41) is 10.3. The van der Waals surface area contributed by atoms with Gasteiger partial charge in [-0.2, -0.15) is 5.10 Å². The molecule has 1 aromatic heterocycles. The molecule has 86 valence electrons. The lowest BCUT2D eigenvalue weighted by Gasteiger charge is -2.31. The monoisotopic (exact) mass is 230 g/mol. The average molecular weight is 231 g/mol. The smallest absolute Gasteiger partial charge is 0.0492 e. The Labute approximate surface area is 96.8 Å². The maximum atomic E-state index is 3.95. The highest BCUT2D eigenvalue weighted by Gasteiger charge is 2.17. The number of hydrogen-bond acceptors (Lipinski definition) is 3. The Morgan fingerprint density at radius 2 is 2.27 bits per heavy atom. The normalized spacial score (nSPS) is 18.7. The Morgan fingerprint density at radius 1 is 1.53 bits per heavy atom. The molecule has 15 heavy (non-hydrogen) atoms. The molecule has 0 unspecified atom stereocenters. The van der Waals surface area contributed by atoms with E-state index in [9.17, 15) is 0 Å². The number of aromatic nitrogens is 2. The molecule has 0 atom stereocenters. The van der Waals surface area contributed by atoms with Crippen molar-refractivity contribution >= 4 is 12.4 Å². The van der Waals surface area contributed by atoms with Crippen molar-refractivity contribution in [1.82, 2.24) is 20.4 Å². The van der Waals surface area contributed by atoms with Crippen molar-refractivity contribution in [3.8, 4) is 0 Å². The highest BCUT2D eigenvalue weighted by Crippen LogP contribution is 2.11. The van der Waals surface area contributed by atoms with Crippen molar-refractivity contribution in [3.63, 3.8) is 0 Å². The molecular weight excluding hydrogens is 212 g/mol. The summed E-state index contributed by atoms with van der Waals surface area (Å²) in [5.74, 6) is 0. The standard InChI is InChI=1S/C10H18N4.ClH/c1-11-9-3-6-14(7-4-9)8-10-2-5-12-13-10;/h2,5,9,11H,3-4,6-8H2,1H3,(H,12,13);1H. The van der Waals surface area contributed by atoms with Crippen LogP contribution in [0.4, 0.5) is 0 Å². The zero-order valence-electron chi connectivity index (χ0n) is 9.07. The molecule has 1 aliphatic rings. The molecule has 2 N–H and O–H groups in total. The van der Waals surface area contributed by atoms with Crippen LogP contribution in [0, 0.1) is 0 Å². The Kier molecular flexibility index (Phi) is 5.08. The Hall–Kier alpha value is -0.580. The zero-order valence-corrected chi connectivity index (χ0v) is 9.89. The summed E-state index contributed by atoms with van der Waals surface area (Å²) in [6.45, 7) is 3.38. The average Bonchev–Trinajstić information content (AvgIpc) is 2.72. The molecule has 1 fully saturated rings. The maximum Gasteiger partial charge on any atom is 0.0492 e. The third kappa shape index (κ3) is 3.48. The van der Waals surface area contributed by atoms with Crippen LogP contribution in [0.1, 0.15) is 18.5 Å². The molecule has 1 aliphatic heterocycles. The molecule has 0 radical (unpaired) electrons. The van der Waals surface area contributed by atoms with Crippen molar-refractivity contribution in [2.24, 2.45) is 0 Å². The predicted octanol–water partition coefficient (Wildman–Crippen LogP) is 1.02. The minimum absolute atomic E-state index is 0. The third-order valence-electron chi connectivity index (χ3n) is 2.95. The van der Waals surface area contributed by atoms with E-state index in [1.807, 2.05) is 12.3 Å². The molecule has 5 heteroatoms. The van der Waals surface area contributed by atoms with Gasteiger partial charge in [-0.05, 0) is 26.0 Å². The summed E-state index contributed by atoms with van der Waals surface area (Å²) >= 11 is 0. The van der Waals surface area contributed by atoms with E-state index in [-0.39, 0.29) is 12.4 Å². The molecule has 0 bridgehead atoms. The molecular formula is C10H19ClN4. The fourth-order valence-electron chi connectivity index (χ4n) is 1.99. The van der Waals surface area contributed by atoms with Crippen LogP contribution in [-0.4, -0.2) is 41.3 Å². The Morgan fingerprint density at radius 3 is 2.80 bits per heavy atom. The Bertz CT molecular complexity index is 254. The van der Waals surface area contributed by atoms with E-state index in [0.29, 0.717) is 6.04 Å². The van der Waals surface area contributed by atoms with Gasteiger partial charge in [0.2, 0.25) is 0 Å². The largest absolute Gasteiger partial charge is 0.317 e. The number of rotatable bonds is 3. The second-order valence-electron chi connectivity index (χ2n) is 3.92. The lowest BCUT2D eigenvalue weighted by molar-refractivity contribution is 0.192. The second kappa shape index (κ2) is 6.10. The molecule has 0 aromatic carbocycles. The fourth-order valence-corrected chi connectivity index (χ4v) is 1.99. The van der Waals surface area contributed by atoms with Gasteiger partial charge in [0.1, 0.15) is 0 Å². The van der Waals surface area contributed by atoms with Crippen LogP contribution < -0.4 is 5.32 Å². The second-order valence-corrected chi connectivity index (χ2v) is 3.92. The van der Waals surface area contributed by atoms with Crippen molar-refractivity contribution < 1.29 is 0 Å². The lowest BCUT2D eigenvalue weighted by atomic mass is 10.1. The van der Waals surface area contributed by atoms with Gasteiger partial charge in [-0.25, -0.2) is 0 Å². The SMILES string of the molecule is CNC1CCN(Cc2ccn[nH]2)CC1.Cl. The number of nitrogens with one attached hydrogen (secondary N) is 2. The van der Waals surface area contributed by atoms with Gasteiger partial charge in [-0.3, -0.25) is 10.00 Å². The van der Waals surface area contributed by atoms with Crippen LogP contribution in [-0.2, 0) is 6.54 Å². The van der Waals surface area contributed by atoms with E-state index in [1.54, 1.807) is 0 Å². The third-order valence-corrected chi connectivity index (χ3v) is 2.95. The van der Waals surface area contributed by atoms with E-state index in [2.05, 4.69) is 27.5 Å². The number of H-pyrrole nitrogens is 1. The molecule has 1 saturated heterocycles. The van der Waals surface area contributed by atoms with Crippen LogP contribution >= 0.6 is 12.4 Å². The van der Waals surface area contributed by atoms with Gasteiger partial charge in [0.25, 0.3) is 0 Å². The summed E-state index contributed by atoms with van der Waals surface area (Å²) in [6, 6.07) is 2.76. The van der Waals surface area contributed by atoms with Gasteiger partial charge in [0.15, 0.2) is 0 Å². The minimum atomic E-state index is 0. The van der Waals surface area contributed by atoms with Gasteiger partial charge in [0.05, 0.1) is 0 Å². The van der Waals surface area contributed by atoms with Gasteiger partial charge >= 0.3 is 0 Å². The lowest BCUT2D eigenvalue weighted by Crippen LogP contribution is -2.40. The van der Waals surface area contributed by atoms with Crippen LogP contribution in [0.3, 0.4) is 0 Å². The number of halogens is 1. The summed E-state index contributed by atoms with van der Waals surface area (Å²) in [7, 11) is 2.05. The number of piperidine rings is 1. The summed E-state index contributed by atoms with van der Waals surface area (Å²) in [4.78, 5) is 2.47. The van der Waals surface area contributed by atoms with Crippen molar-refractivity contribution in [2.75, 3.05) is 20.1 Å². The first-order valence-electron chi connectivity index (χ1n) is 5.26. The number of aromatic amines is 1. The van der Waals surface area contributed by atoms with Crippen LogP contribution in [0.5, 0.6) is 0 Å². The highest BCUT2D eigenvalue weighted by atomic mass is 35.5. The molecule has 2 heterocycles. The maximum absolute atomic E-state index is 3.95. The molecule has 4 nitrogen and oxygen atoms in total. The minimum Gasteiger partial charge on any atom is -0.317 e. The predicted molar refractivity (Wildman–Crippen MR) is 63.2 cm³/mol. The van der Waals surface area contributed by atoms with Gasteiger partial charge < -0.3 is 5.32 Å². The Balaban J connectivity index is 0.00000112. The highest BCUT2D eigenvalue weighted by molar-refractivity contribution is 5.85. The number of likely N-dealkylation sites (tertiary alicyclic amines) is 1. The first kappa shape index (κ1) is 12.5. The quantitative estimate of drug-likeness (QED) is 0.815. The summed E-state index contributed by atoms with van der Waals surface area (Å²) in [6.07, 6.45) is 4.32. The van der Waals surface area contributed by atoms with Gasteiger partial charge in [-0.15, -0.1) is 12.4 Å². The van der Waals surface area contributed by atoms with Crippen molar-refractivity contribution in [3.05, 3.63) is 18.0 Å². The molecule has 0 spiro atoms. The van der Waals surface area contributed by atoms with E-state index in [0.717, 1.165) is 6.54 Å². The van der Waals surface area contributed by atoms with Crippen LogP contribution in [0.25, 0.3) is 0 Å². The first-order valence-corrected chi connectivity index (χ1v) is 5.26. The fraction of sp³-hybridized carbons (Fsp3) is 0.700. The van der Waals surface area contributed by atoms with E-state index in [4.69, 9.17) is 0 Å². The van der Waals surface area contributed by atoms with Crippen LogP contribution in [0.2, 0.25) is 0 Å². The molecule has 0 saturated carbocycles. The van der Waals surface area contributed by atoms with Gasteiger partial charge in [-0.1, -0.05) is 0 Å². The molecule has 2 rings (SSSR count). The molecule has 0 aliphatic carbocycles. The van der Waals surface area contributed by atoms with Crippen LogP contribution in [0.15, 0.2) is 12.3 Å². The zero-order chi connectivity index (χ0) is 9.80. The van der Waals surface area contributed by atoms with Crippen molar-refractivity contribution in [1.29, 1.82) is 0 Å². The molecule has 0 amide bonds. The number of hydrogen-bond donors (Lipinski definition) is 2. The summed E-state index contributed by atoms with van der Waals surface area (Å²) in [5.41, 5.74) is 1.22. The first-order chi connectivity index (χ1) is 6.88. The van der Waals surface area contributed by atoms with Crippen molar-refractivity contribution in [2.45, 2.75) is 25.4 Å². The topological polar surface area (TPSA) is 44.0 Å².